The van der Waals surface area contributed by atoms with Crippen LogP contribution >= 0.6 is 0 Å². The van der Waals surface area contributed by atoms with Crippen LogP contribution in [0.4, 0.5) is 5.69 Å². The lowest BCUT2D eigenvalue weighted by Crippen LogP contribution is -2.56. The fourth-order valence-corrected chi connectivity index (χ4v) is 8.42. The molecule has 1 aromatic heterocycles. The van der Waals surface area contributed by atoms with Gasteiger partial charge in [0.05, 0.1) is 23.5 Å². The lowest BCUT2D eigenvalue weighted by Gasteiger charge is -2.57. The molecule has 4 aliphatic carbocycles. The average molecular weight is 486 g/mol. The molecule has 1 aliphatic heterocycles. The first kappa shape index (κ1) is 21.9. The largest absolute Gasteiger partial charge is 0.497 e. The average Bonchev–Trinajstić information content (AvgIpc) is 3.24. The molecule has 7 nitrogen and oxygen atoms in total. The lowest BCUT2D eigenvalue weighted by atomic mass is 9.49. The zero-order chi connectivity index (χ0) is 24.6. The molecule has 4 saturated carbocycles. The van der Waals surface area contributed by atoms with Crippen molar-refractivity contribution < 1.29 is 14.5 Å². The van der Waals surface area contributed by atoms with Crippen LogP contribution < -0.4 is 4.74 Å². The number of non-ortho nitro benzene ring substituents is 1. The quantitative estimate of drug-likeness (QED) is 0.375. The third-order valence-corrected chi connectivity index (χ3v) is 9.51. The van der Waals surface area contributed by atoms with E-state index in [9.17, 15) is 14.9 Å². The summed E-state index contributed by atoms with van der Waals surface area (Å²) in [7, 11) is 1.67. The minimum atomic E-state index is -0.371. The zero-order valence-electron chi connectivity index (χ0n) is 20.5. The van der Waals surface area contributed by atoms with Crippen molar-refractivity contribution in [3.05, 3.63) is 69.4 Å². The summed E-state index contributed by atoms with van der Waals surface area (Å²) < 4.78 is 5.48. The second-order valence-corrected chi connectivity index (χ2v) is 11.6. The molecule has 5 aliphatic rings. The zero-order valence-corrected chi connectivity index (χ0v) is 20.5. The van der Waals surface area contributed by atoms with Gasteiger partial charge >= 0.3 is 0 Å². The molecule has 0 unspecified atom stereocenters. The van der Waals surface area contributed by atoms with Gasteiger partial charge in [-0.1, -0.05) is 0 Å². The maximum Gasteiger partial charge on any atom is 0.269 e. The Bertz CT molecular complexity index is 1340. The second kappa shape index (κ2) is 7.82. The maximum absolute atomic E-state index is 14.5. The van der Waals surface area contributed by atoms with Gasteiger partial charge in [-0.15, -0.1) is 0 Å². The third kappa shape index (κ3) is 3.21. The Balaban J connectivity index is 1.34. The number of hydrogen-bond donors (Lipinski definition) is 1. The number of aromatic nitrogens is 1. The number of fused-ring (bicyclic) bond motifs is 3. The van der Waals surface area contributed by atoms with Crippen LogP contribution in [0.15, 0.2) is 42.5 Å². The molecule has 36 heavy (non-hydrogen) atoms. The predicted molar refractivity (Wildman–Crippen MR) is 136 cm³/mol. The topological polar surface area (TPSA) is 88.5 Å². The van der Waals surface area contributed by atoms with Gasteiger partial charge in [-0.25, -0.2) is 0 Å². The van der Waals surface area contributed by atoms with Crippen LogP contribution in [-0.2, 0) is 11.2 Å². The summed E-state index contributed by atoms with van der Waals surface area (Å²) in [6, 6.07) is 12.5. The van der Waals surface area contributed by atoms with Crippen molar-refractivity contribution in [2.45, 2.75) is 51.0 Å². The number of amides is 1. The van der Waals surface area contributed by atoms with Crippen LogP contribution in [-0.4, -0.2) is 34.4 Å². The Kier molecular flexibility index (Phi) is 4.76. The van der Waals surface area contributed by atoms with Crippen LogP contribution in [0.1, 0.15) is 61.4 Å². The van der Waals surface area contributed by atoms with Gasteiger partial charge in [0, 0.05) is 35.3 Å². The fraction of sp³-hybridized carbons (Fsp3) is 0.483. The molecule has 3 aromatic rings. The number of methoxy groups -OCH3 is 1. The second-order valence-electron chi connectivity index (χ2n) is 11.6. The van der Waals surface area contributed by atoms with E-state index in [4.69, 9.17) is 4.74 Å². The van der Waals surface area contributed by atoms with Crippen molar-refractivity contribution in [2.75, 3.05) is 13.7 Å². The van der Waals surface area contributed by atoms with Gasteiger partial charge in [-0.3, -0.25) is 14.9 Å². The molecule has 0 radical (unpaired) electrons. The summed E-state index contributed by atoms with van der Waals surface area (Å²) in [5.74, 6) is 3.19. The fourth-order valence-electron chi connectivity index (χ4n) is 8.42. The number of rotatable bonds is 4. The van der Waals surface area contributed by atoms with E-state index in [2.05, 4.69) is 16.0 Å². The highest BCUT2D eigenvalue weighted by Gasteiger charge is 2.56. The molecule has 4 fully saturated rings. The minimum Gasteiger partial charge on any atom is -0.497 e. The van der Waals surface area contributed by atoms with E-state index in [1.165, 1.54) is 24.8 Å². The molecule has 186 valence electrons. The van der Waals surface area contributed by atoms with Crippen molar-refractivity contribution in [2.24, 2.45) is 23.2 Å². The minimum absolute atomic E-state index is 0.0649. The van der Waals surface area contributed by atoms with E-state index in [1.807, 2.05) is 24.3 Å². The number of aromatic amines is 1. The molecule has 1 atom stereocenters. The first-order valence-electron chi connectivity index (χ1n) is 13.2. The van der Waals surface area contributed by atoms with Crippen molar-refractivity contribution in [1.82, 2.24) is 9.88 Å². The van der Waals surface area contributed by atoms with E-state index in [-0.39, 0.29) is 22.1 Å². The third-order valence-electron chi connectivity index (χ3n) is 9.51. The Labute approximate surface area is 210 Å². The van der Waals surface area contributed by atoms with Gasteiger partial charge in [-0.2, -0.15) is 0 Å². The van der Waals surface area contributed by atoms with Gasteiger partial charge < -0.3 is 14.6 Å². The van der Waals surface area contributed by atoms with E-state index in [0.717, 1.165) is 53.6 Å². The van der Waals surface area contributed by atoms with Crippen molar-refractivity contribution >= 4 is 22.5 Å². The Hall–Kier alpha value is -3.35. The molecule has 0 spiro atoms. The molecule has 2 aromatic carbocycles. The Morgan fingerprint density at radius 3 is 2.33 bits per heavy atom. The van der Waals surface area contributed by atoms with E-state index in [0.29, 0.717) is 30.2 Å². The molecule has 4 bridgehead atoms. The summed E-state index contributed by atoms with van der Waals surface area (Å²) in [5, 5.41) is 12.4. The summed E-state index contributed by atoms with van der Waals surface area (Å²) in [5.41, 5.74) is 4.00. The summed E-state index contributed by atoms with van der Waals surface area (Å²) in [4.78, 5) is 31.2. The normalized spacial score (nSPS) is 30.4. The molecule has 8 rings (SSSR count). The van der Waals surface area contributed by atoms with Crippen LogP contribution in [0.25, 0.3) is 10.9 Å². The Morgan fingerprint density at radius 2 is 1.72 bits per heavy atom. The number of nitro groups is 1. The number of benzene rings is 2. The van der Waals surface area contributed by atoms with Crippen molar-refractivity contribution in [1.29, 1.82) is 0 Å². The maximum atomic E-state index is 14.5. The number of ether oxygens (including phenoxy) is 1. The smallest absolute Gasteiger partial charge is 0.269 e. The molecule has 7 heteroatoms. The van der Waals surface area contributed by atoms with Gasteiger partial charge in [-0.05, 0) is 104 Å². The highest BCUT2D eigenvalue weighted by atomic mass is 16.6. The number of hydrogen-bond acceptors (Lipinski definition) is 4. The highest BCUT2D eigenvalue weighted by Crippen LogP contribution is 2.61. The molecule has 1 amide bonds. The standard InChI is InChI=1S/C29H31N3O4/c1-36-22-6-7-25-24(13-22)23-8-9-31(27(26(23)30-25)20-2-4-21(5-3-20)32(34)35)28(33)29-14-17-10-18(15-29)12-19(11-17)16-29/h2-7,13,17-19,27,30H,8-12,14-16H2,1H3/t17?,18?,19?,27-,29?/m0/s1. The molecular formula is C29H31N3O4. The van der Waals surface area contributed by atoms with Gasteiger partial charge in [0.2, 0.25) is 5.91 Å². The molecular weight excluding hydrogens is 454 g/mol. The lowest BCUT2D eigenvalue weighted by molar-refractivity contribution is -0.384. The van der Waals surface area contributed by atoms with Crippen LogP contribution in [0.3, 0.4) is 0 Å². The number of carbonyl (C=O) groups excluding carboxylic acids is 1. The van der Waals surface area contributed by atoms with Crippen LogP contribution in [0, 0.1) is 33.3 Å². The van der Waals surface area contributed by atoms with E-state index >= 15 is 0 Å². The molecule has 0 saturated heterocycles. The molecule has 1 N–H and O–H groups in total. The SMILES string of the molecule is COc1ccc2[nH]c3c(c2c1)CCN(C(=O)C12CC4CC(CC(C4)C1)C2)[C@H]3c1ccc([N+](=O)[O-])cc1. The Morgan fingerprint density at radius 1 is 1.06 bits per heavy atom. The van der Waals surface area contributed by atoms with E-state index in [1.54, 1.807) is 19.2 Å². The van der Waals surface area contributed by atoms with Crippen LogP contribution in [0.2, 0.25) is 0 Å². The van der Waals surface area contributed by atoms with Gasteiger partial charge in [0.25, 0.3) is 5.69 Å². The summed E-state index contributed by atoms with van der Waals surface area (Å²) in [6.07, 6.45) is 7.75. The summed E-state index contributed by atoms with van der Waals surface area (Å²) in [6.45, 7) is 0.652. The predicted octanol–water partition coefficient (Wildman–Crippen LogP) is 5.78. The number of H-pyrrole nitrogens is 1. The van der Waals surface area contributed by atoms with Crippen molar-refractivity contribution in [3.8, 4) is 5.75 Å². The number of carbonyl (C=O) groups is 1. The number of nitrogens with zero attached hydrogens (tertiary/aromatic N) is 2. The first-order chi connectivity index (χ1) is 17.4. The van der Waals surface area contributed by atoms with Gasteiger partial charge in [0.15, 0.2) is 0 Å². The number of nitro benzene ring substituents is 1. The van der Waals surface area contributed by atoms with Crippen LogP contribution in [0.5, 0.6) is 5.75 Å². The number of nitrogens with one attached hydrogen (secondary N) is 1. The first-order valence-corrected chi connectivity index (χ1v) is 13.2. The van der Waals surface area contributed by atoms with E-state index < -0.39 is 0 Å². The summed E-state index contributed by atoms with van der Waals surface area (Å²) >= 11 is 0. The molecule has 2 heterocycles. The van der Waals surface area contributed by atoms with Crippen molar-refractivity contribution in [3.63, 3.8) is 0 Å². The van der Waals surface area contributed by atoms with Gasteiger partial charge in [0.1, 0.15) is 5.75 Å². The monoisotopic (exact) mass is 485 g/mol. The highest BCUT2D eigenvalue weighted by molar-refractivity contribution is 5.89.